The fourth-order valence-electron chi connectivity index (χ4n) is 2.37. The Morgan fingerprint density at radius 3 is 2.62 bits per heavy atom. The second-order valence-electron chi connectivity index (χ2n) is 5.10. The second kappa shape index (κ2) is 5.25. The van der Waals surface area contributed by atoms with Gasteiger partial charge in [-0.05, 0) is 25.5 Å². The molecule has 0 saturated heterocycles. The molecular formula is C16H14N4O. The van der Waals surface area contributed by atoms with E-state index >= 15 is 0 Å². The third-order valence-electron chi connectivity index (χ3n) is 3.15. The maximum absolute atomic E-state index is 8.81. The number of benzene rings is 1. The summed E-state index contributed by atoms with van der Waals surface area (Å²) in [6, 6.07) is 10.1. The van der Waals surface area contributed by atoms with Gasteiger partial charge >= 0.3 is 0 Å². The first-order valence-corrected chi connectivity index (χ1v) is 6.62. The van der Waals surface area contributed by atoms with Gasteiger partial charge in [0.1, 0.15) is 11.8 Å². The smallest absolute Gasteiger partial charge is 0.274 e. The van der Waals surface area contributed by atoms with Crippen molar-refractivity contribution in [2.24, 2.45) is 0 Å². The molecule has 0 aliphatic carbocycles. The van der Waals surface area contributed by atoms with Crippen molar-refractivity contribution in [3.63, 3.8) is 0 Å². The summed E-state index contributed by atoms with van der Waals surface area (Å²) in [5, 5.41) is 12.8. The second-order valence-corrected chi connectivity index (χ2v) is 5.10. The van der Waals surface area contributed by atoms with Gasteiger partial charge < -0.3 is 9.51 Å². The van der Waals surface area contributed by atoms with Crippen molar-refractivity contribution in [2.45, 2.75) is 20.3 Å². The zero-order valence-electron chi connectivity index (χ0n) is 11.8. The average Bonchev–Trinajstić information content (AvgIpc) is 3.05. The summed E-state index contributed by atoms with van der Waals surface area (Å²) in [5.41, 5.74) is 4.79. The number of aromatic amines is 1. The predicted molar refractivity (Wildman–Crippen MR) is 77.5 cm³/mol. The fourth-order valence-corrected chi connectivity index (χ4v) is 2.37. The SMILES string of the molecule is Cc1cc(C)cc(Cc2noc(-c3cc(C#N)c[nH]3)n2)c1. The lowest BCUT2D eigenvalue weighted by molar-refractivity contribution is 0.423. The van der Waals surface area contributed by atoms with E-state index in [0.717, 1.165) is 5.56 Å². The zero-order valence-corrected chi connectivity index (χ0v) is 11.8. The lowest BCUT2D eigenvalue weighted by Crippen LogP contribution is -1.92. The van der Waals surface area contributed by atoms with Crippen LogP contribution in [0.15, 0.2) is 35.0 Å². The van der Waals surface area contributed by atoms with E-state index in [1.54, 1.807) is 12.3 Å². The highest BCUT2D eigenvalue weighted by molar-refractivity contribution is 5.51. The molecule has 3 rings (SSSR count). The maximum atomic E-state index is 8.81. The molecule has 104 valence electrons. The molecule has 21 heavy (non-hydrogen) atoms. The first-order valence-electron chi connectivity index (χ1n) is 6.62. The van der Waals surface area contributed by atoms with Crippen molar-refractivity contribution < 1.29 is 4.52 Å². The van der Waals surface area contributed by atoms with Crippen LogP contribution < -0.4 is 0 Å². The van der Waals surface area contributed by atoms with Crippen LogP contribution in [-0.4, -0.2) is 15.1 Å². The number of H-pyrrole nitrogens is 1. The van der Waals surface area contributed by atoms with Crippen LogP contribution in [0.1, 0.15) is 28.1 Å². The maximum Gasteiger partial charge on any atom is 0.274 e. The largest absolute Gasteiger partial charge is 0.356 e. The van der Waals surface area contributed by atoms with Crippen LogP contribution in [0.5, 0.6) is 0 Å². The molecular weight excluding hydrogens is 264 g/mol. The van der Waals surface area contributed by atoms with E-state index in [0.29, 0.717) is 29.4 Å². The molecule has 1 N–H and O–H groups in total. The van der Waals surface area contributed by atoms with Gasteiger partial charge in [0.2, 0.25) is 0 Å². The van der Waals surface area contributed by atoms with Gasteiger partial charge in [0.25, 0.3) is 5.89 Å². The summed E-state index contributed by atoms with van der Waals surface area (Å²) in [6.07, 6.45) is 2.24. The van der Waals surface area contributed by atoms with Crippen molar-refractivity contribution in [1.82, 2.24) is 15.1 Å². The highest BCUT2D eigenvalue weighted by Gasteiger charge is 2.11. The number of nitrogens with zero attached hydrogens (tertiary/aromatic N) is 3. The number of hydrogen-bond donors (Lipinski definition) is 1. The summed E-state index contributed by atoms with van der Waals surface area (Å²) >= 11 is 0. The van der Waals surface area contributed by atoms with Crippen LogP contribution in [0.2, 0.25) is 0 Å². The molecule has 3 aromatic rings. The highest BCUT2D eigenvalue weighted by atomic mass is 16.5. The topological polar surface area (TPSA) is 78.5 Å². The molecule has 0 radical (unpaired) electrons. The van der Waals surface area contributed by atoms with Crippen molar-refractivity contribution >= 4 is 0 Å². The number of hydrogen-bond acceptors (Lipinski definition) is 4. The summed E-state index contributed by atoms with van der Waals surface area (Å²) in [5.74, 6) is 1.03. The average molecular weight is 278 g/mol. The molecule has 0 unspecified atom stereocenters. The van der Waals surface area contributed by atoms with E-state index in [9.17, 15) is 0 Å². The fraction of sp³-hybridized carbons (Fsp3) is 0.188. The van der Waals surface area contributed by atoms with Crippen molar-refractivity contribution in [3.8, 4) is 17.7 Å². The predicted octanol–water partition coefficient (Wildman–Crippen LogP) is 3.14. The Balaban J connectivity index is 1.83. The monoisotopic (exact) mass is 278 g/mol. The molecule has 1 aromatic carbocycles. The van der Waals surface area contributed by atoms with Crippen LogP contribution in [-0.2, 0) is 6.42 Å². The molecule has 0 bridgehead atoms. The molecule has 0 aliphatic rings. The summed E-state index contributed by atoms with van der Waals surface area (Å²) in [7, 11) is 0. The summed E-state index contributed by atoms with van der Waals surface area (Å²) in [4.78, 5) is 7.31. The van der Waals surface area contributed by atoms with E-state index < -0.39 is 0 Å². The van der Waals surface area contributed by atoms with Crippen LogP contribution in [0.4, 0.5) is 0 Å². The van der Waals surface area contributed by atoms with Crippen molar-refractivity contribution in [3.05, 3.63) is 58.5 Å². The zero-order chi connectivity index (χ0) is 14.8. The molecule has 0 fully saturated rings. The minimum Gasteiger partial charge on any atom is -0.356 e. The lowest BCUT2D eigenvalue weighted by atomic mass is 10.1. The van der Waals surface area contributed by atoms with E-state index in [-0.39, 0.29) is 0 Å². The summed E-state index contributed by atoms with van der Waals surface area (Å²) in [6.45, 7) is 4.14. The molecule has 0 atom stereocenters. The quantitative estimate of drug-likeness (QED) is 0.798. The Kier molecular flexibility index (Phi) is 3.28. The van der Waals surface area contributed by atoms with Crippen LogP contribution >= 0.6 is 0 Å². The van der Waals surface area contributed by atoms with Gasteiger partial charge in [0, 0.05) is 12.6 Å². The molecule has 0 saturated carbocycles. The minimum atomic E-state index is 0.399. The van der Waals surface area contributed by atoms with E-state index in [4.69, 9.17) is 9.78 Å². The van der Waals surface area contributed by atoms with Gasteiger partial charge in [0.05, 0.1) is 5.56 Å². The van der Waals surface area contributed by atoms with E-state index in [1.807, 2.05) is 0 Å². The molecule has 0 amide bonds. The Morgan fingerprint density at radius 2 is 1.95 bits per heavy atom. The minimum absolute atomic E-state index is 0.399. The highest BCUT2D eigenvalue weighted by Crippen LogP contribution is 2.18. The Labute approximate surface area is 122 Å². The molecule has 2 heterocycles. The van der Waals surface area contributed by atoms with Crippen LogP contribution in [0.25, 0.3) is 11.6 Å². The number of aryl methyl sites for hydroxylation is 2. The lowest BCUT2D eigenvalue weighted by Gasteiger charge is -2.01. The Morgan fingerprint density at radius 1 is 1.19 bits per heavy atom. The number of nitriles is 1. The van der Waals surface area contributed by atoms with Gasteiger partial charge in [-0.15, -0.1) is 0 Å². The molecule has 5 heteroatoms. The van der Waals surface area contributed by atoms with Gasteiger partial charge in [-0.25, -0.2) is 0 Å². The van der Waals surface area contributed by atoms with Crippen LogP contribution in [0, 0.1) is 25.2 Å². The Bertz CT molecular complexity index is 803. The third-order valence-corrected chi connectivity index (χ3v) is 3.15. The van der Waals surface area contributed by atoms with Crippen molar-refractivity contribution in [2.75, 3.05) is 0 Å². The van der Waals surface area contributed by atoms with E-state index in [2.05, 4.69) is 53.2 Å². The molecule has 0 aliphatic heterocycles. The van der Waals surface area contributed by atoms with Gasteiger partial charge in [0.15, 0.2) is 5.82 Å². The Hall–Kier alpha value is -2.87. The van der Waals surface area contributed by atoms with Gasteiger partial charge in [-0.1, -0.05) is 34.5 Å². The molecule has 5 nitrogen and oxygen atoms in total. The molecule has 2 aromatic heterocycles. The third kappa shape index (κ3) is 2.84. The standard InChI is InChI=1S/C16H14N4O/c1-10-3-11(2)5-12(4-10)7-15-19-16(21-20-15)14-6-13(8-17)9-18-14/h3-6,9,18H,7H2,1-2H3. The first kappa shape index (κ1) is 13.1. The summed E-state index contributed by atoms with van der Waals surface area (Å²) < 4.78 is 5.24. The number of aromatic nitrogens is 3. The number of nitrogens with one attached hydrogen (secondary N) is 1. The van der Waals surface area contributed by atoms with Gasteiger partial charge in [-0.2, -0.15) is 10.2 Å². The van der Waals surface area contributed by atoms with Crippen molar-refractivity contribution in [1.29, 1.82) is 5.26 Å². The normalized spacial score (nSPS) is 10.5. The molecule has 0 spiro atoms. The van der Waals surface area contributed by atoms with Gasteiger partial charge in [-0.3, -0.25) is 0 Å². The van der Waals surface area contributed by atoms with Crippen LogP contribution in [0.3, 0.4) is 0 Å². The van der Waals surface area contributed by atoms with E-state index in [1.165, 1.54) is 11.1 Å². The first-order chi connectivity index (χ1) is 10.1. The number of rotatable bonds is 3.